The smallest absolute Gasteiger partial charge is 0.259 e. The average molecular weight is 423 g/mol. The number of benzene rings is 3. The molecule has 0 spiro atoms. The van der Waals surface area contributed by atoms with Crippen LogP contribution in [0.3, 0.4) is 0 Å². The maximum atomic E-state index is 13.2. The predicted molar refractivity (Wildman–Crippen MR) is 117 cm³/mol. The van der Waals surface area contributed by atoms with Gasteiger partial charge in [-0.2, -0.15) is 0 Å². The minimum Gasteiger partial charge on any atom is -0.383 e. The van der Waals surface area contributed by atoms with Gasteiger partial charge in [0.05, 0.1) is 5.56 Å². The van der Waals surface area contributed by atoms with Crippen LogP contribution in [0.4, 0.5) is 11.4 Å². The maximum Gasteiger partial charge on any atom is 0.259 e. The molecule has 0 heterocycles. The number of nitrogens with one attached hydrogen (secondary N) is 1. The summed E-state index contributed by atoms with van der Waals surface area (Å²) in [7, 11) is 0. The van der Waals surface area contributed by atoms with Crippen LogP contribution in [0.1, 0.15) is 21.5 Å². The fourth-order valence-electron chi connectivity index (χ4n) is 2.99. The van der Waals surface area contributed by atoms with E-state index in [0.717, 1.165) is 21.4 Å². The van der Waals surface area contributed by atoms with Gasteiger partial charge >= 0.3 is 0 Å². The van der Waals surface area contributed by atoms with Crippen LogP contribution in [-0.2, 0) is 0 Å². The molecule has 0 aliphatic rings. The Morgan fingerprint density at radius 3 is 2.33 bits per heavy atom. The third kappa shape index (κ3) is 4.98. The normalized spacial score (nSPS) is 10.5. The predicted octanol–water partition coefficient (Wildman–Crippen LogP) is 5.82. The lowest BCUT2D eigenvalue weighted by atomic mass is 10.1. The lowest BCUT2D eigenvalue weighted by molar-refractivity contribution is 0.0987. The summed E-state index contributed by atoms with van der Waals surface area (Å²) in [5.74, 6) is -0.0147. The van der Waals surface area contributed by atoms with E-state index in [1.807, 2.05) is 72.5 Å². The molecule has 0 bridgehead atoms. The topological polar surface area (TPSA) is 32.3 Å². The highest BCUT2D eigenvalue weighted by molar-refractivity contribution is 9.10. The lowest BCUT2D eigenvalue weighted by Gasteiger charge is -2.24. The van der Waals surface area contributed by atoms with Gasteiger partial charge in [-0.3, -0.25) is 4.79 Å². The monoisotopic (exact) mass is 422 g/mol. The van der Waals surface area contributed by atoms with Crippen LogP contribution in [0.5, 0.6) is 0 Å². The first-order valence-electron chi connectivity index (χ1n) is 8.98. The Bertz CT molecular complexity index is 939. The van der Waals surface area contributed by atoms with Gasteiger partial charge in [-0.15, -0.1) is 0 Å². The van der Waals surface area contributed by atoms with E-state index >= 15 is 0 Å². The van der Waals surface area contributed by atoms with E-state index < -0.39 is 0 Å². The molecular formula is C23H23BrN2O. The molecule has 3 nitrogen and oxygen atoms in total. The molecule has 0 radical (unpaired) electrons. The van der Waals surface area contributed by atoms with Crippen molar-refractivity contribution in [3.63, 3.8) is 0 Å². The van der Waals surface area contributed by atoms with Crippen molar-refractivity contribution in [2.75, 3.05) is 23.3 Å². The Balaban J connectivity index is 1.82. The van der Waals surface area contributed by atoms with Gasteiger partial charge in [0.1, 0.15) is 0 Å². The van der Waals surface area contributed by atoms with Crippen LogP contribution in [0.2, 0.25) is 0 Å². The molecule has 0 fully saturated rings. The van der Waals surface area contributed by atoms with Crippen molar-refractivity contribution in [1.29, 1.82) is 0 Å². The quantitative estimate of drug-likeness (QED) is 0.542. The van der Waals surface area contributed by atoms with Gasteiger partial charge < -0.3 is 10.2 Å². The third-order valence-electron chi connectivity index (χ3n) is 4.35. The summed E-state index contributed by atoms with van der Waals surface area (Å²) in [6.07, 6.45) is 0. The number of hydrogen-bond donors (Lipinski definition) is 1. The first kappa shape index (κ1) is 19.2. The summed E-state index contributed by atoms with van der Waals surface area (Å²) in [6.45, 7) is 5.33. The second-order valence-electron chi connectivity index (χ2n) is 6.57. The van der Waals surface area contributed by atoms with Crippen LogP contribution in [0.25, 0.3) is 0 Å². The second kappa shape index (κ2) is 8.87. The van der Waals surface area contributed by atoms with Crippen molar-refractivity contribution in [3.05, 3.63) is 94.0 Å². The van der Waals surface area contributed by atoms with Crippen LogP contribution in [0.15, 0.2) is 77.3 Å². The van der Waals surface area contributed by atoms with E-state index in [9.17, 15) is 4.79 Å². The highest BCUT2D eigenvalue weighted by atomic mass is 79.9. The van der Waals surface area contributed by atoms with Crippen molar-refractivity contribution < 1.29 is 4.79 Å². The van der Waals surface area contributed by atoms with Gasteiger partial charge in [0.15, 0.2) is 0 Å². The van der Waals surface area contributed by atoms with Gasteiger partial charge in [0, 0.05) is 28.9 Å². The summed E-state index contributed by atoms with van der Waals surface area (Å²) in [4.78, 5) is 15.1. The van der Waals surface area contributed by atoms with Crippen LogP contribution >= 0.6 is 15.9 Å². The largest absolute Gasteiger partial charge is 0.383 e. The molecule has 3 rings (SSSR count). The first-order chi connectivity index (χ1) is 13.0. The average Bonchev–Trinajstić information content (AvgIpc) is 2.65. The molecule has 1 N–H and O–H groups in total. The molecule has 27 heavy (non-hydrogen) atoms. The number of aryl methyl sites for hydroxylation is 2. The molecular weight excluding hydrogens is 400 g/mol. The number of carbonyl (C=O) groups excluding carboxylic acids is 1. The number of carbonyl (C=O) groups is 1. The highest BCUT2D eigenvalue weighted by Crippen LogP contribution is 2.23. The van der Waals surface area contributed by atoms with Crippen LogP contribution in [-0.4, -0.2) is 19.0 Å². The third-order valence-corrected chi connectivity index (χ3v) is 5.04. The van der Waals surface area contributed by atoms with E-state index in [2.05, 4.69) is 40.3 Å². The van der Waals surface area contributed by atoms with Gasteiger partial charge in [-0.1, -0.05) is 36.4 Å². The zero-order valence-electron chi connectivity index (χ0n) is 15.6. The van der Waals surface area contributed by atoms with E-state index in [1.54, 1.807) is 0 Å². The first-order valence-corrected chi connectivity index (χ1v) is 9.77. The van der Waals surface area contributed by atoms with Crippen LogP contribution in [0, 0.1) is 13.8 Å². The fourth-order valence-corrected chi connectivity index (χ4v) is 3.45. The summed E-state index contributed by atoms with van der Waals surface area (Å²) >= 11 is 3.50. The van der Waals surface area contributed by atoms with Gasteiger partial charge in [-0.25, -0.2) is 0 Å². The minimum atomic E-state index is -0.0147. The summed E-state index contributed by atoms with van der Waals surface area (Å²) in [5.41, 5.74) is 4.97. The Kier molecular flexibility index (Phi) is 6.30. The molecule has 3 aromatic carbocycles. The molecule has 0 unspecified atom stereocenters. The lowest BCUT2D eigenvalue weighted by Crippen LogP contribution is -2.35. The Hall–Kier alpha value is -2.59. The van der Waals surface area contributed by atoms with Crippen molar-refractivity contribution in [2.45, 2.75) is 13.8 Å². The standard InChI is InChI=1S/C23H23BrN2O/c1-17-7-5-9-19(15-17)25-13-14-26(20-10-6-8-18(2)16-20)23(27)21-11-3-4-12-22(21)24/h3-12,15-16,25H,13-14H2,1-2H3. The summed E-state index contributed by atoms with van der Waals surface area (Å²) < 4.78 is 0.805. The Morgan fingerprint density at radius 2 is 1.63 bits per heavy atom. The molecule has 0 atom stereocenters. The van der Waals surface area contributed by atoms with Crippen molar-refractivity contribution >= 4 is 33.2 Å². The van der Waals surface area contributed by atoms with Crippen LogP contribution < -0.4 is 10.2 Å². The molecule has 1 amide bonds. The zero-order valence-corrected chi connectivity index (χ0v) is 17.2. The summed E-state index contributed by atoms with van der Waals surface area (Å²) in [6, 6.07) is 23.8. The molecule has 0 saturated heterocycles. The Labute approximate surface area is 169 Å². The van der Waals surface area contributed by atoms with Gasteiger partial charge in [-0.05, 0) is 77.3 Å². The minimum absolute atomic E-state index is 0.0147. The van der Waals surface area contributed by atoms with Gasteiger partial charge in [0.25, 0.3) is 5.91 Å². The second-order valence-corrected chi connectivity index (χ2v) is 7.43. The number of halogens is 1. The van der Waals surface area contributed by atoms with Crippen molar-refractivity contribution in [1.82, 2.24) is 0 Å². The molecule has 0 aromatic heterocycles. The maximum absolute atomic E-state index is 13.2. The molecule has 138 valence electrons. The highest BCUT2D eigenvalue weighted by Gasteiger charge is 2.19. The van der Waals surface area contributed by atoms with E-state index in [-0.39, 0.29) is 5.91 Å². The number of hydrogen-bond acceptors (Lipinski definition) is 2. The number of amides is 1. The van der Waals surface area contributed by atoms with E-state index in [0.29, 0.717) is 18.7 Å². The van der Waals surface area contributed by atoms with E-state index in [4.69, 9.17) is 0 Å². The number of anilines is 2. The van der Waals surface area contributed by atoms with Crippen molar-refractivity contribution in [2.24, 2.45) is 0 Å². The number of rotatable bonds is 6. The van der Waals surface area contributed by atoms with Gasteiger partial charge in [0.2, 0.25) is 0 Å². The Morgan fingerprint density at radius 1 is 0.926 bits per heavy atom. The molecule has 0 aliphatic heterocycles. The fraction of sp³-hybridized carbons (Fsp3) is 0.174. The van der Waals surface area contributed by atoms with E-state index in [1.165, 1.54) is 5.56 Å². The molecule has 0 saturated carbocycles. The molecule has 4 heteroatoms. The summed E-state index contributed by atoms with van der Waals surface area (Å²) in [5, 5.41) is 3.42. The molecule has 3 aromatic rings. The SMILES string of the molecule is Cc1cccc(NCCN(C(=O)c2ccccc2Br)c2cccc(C)c2)c1. The number of nitrogens with zero attached hydrogens (tertiary/aromatic N) is 1. The zero-order chi connectivity index (χ0) is 19.2. The van der Waals surface area contributed by atoms with Crippen molar-refractivity contribution in [3.8, 4) is 0 Å². The molecule has 0 aliphatic carbocycles.